The first-order valence-corrected chi connectivity index (χ1v) is 7.02. The molecule has 0 radical (unpaired) electrons. The first-order valence-electron chi connectivity index (χ1n) is 7.02. The summed E-state index contributed by atoms with van der Waals surface area (Å²) < 4.78 is 0. The maximum absolute atomic E-state index is 5.51. The molecule has 3 heteroatoms. The molecule has 0 fully saturated rings. The Hall–Kier alpha value is -1.61. The monoisotopic (exact) mass is 257 g/mol. The predicted octanol–water partition coefficient (Wildman–Crippen LogP) is 3.17. The van der Waals surface area contributed by atoms with E-state index in [1.54, 1.807) is 0 Å². The Bertz CT molecular complexity index is 497. The minimum Gasteiger partial charge on any atom is -0.342 e. The maximum Gasteiger partial charge on any atom is 0.106 e. The number of aromatic nitrogens is 2. The molecular weight excluding hydrogens is 234 g/mol. The van der Waals surface area contributed by atoms with Crippen molar-refractivity contribution in [1.82, 2.24) is 9.97 Å². The van der Waals surface area contributed by atoms with Crippen LogP contribution in [-0.2, 0) is 12.8 Å². The zero-order valence-electron chi connectivity index (χ0n) is 11.8. The summed E-state index contributed by atoms with van der Waals surface area (Å²) in [6.07, 6.45) is 4.93. The van der Waals surface area contributed by atoms with Crippen LogP contribution in [0.15, 0.2) is 30.5 Å². The summed E-state index contributed by atoms with van der Waals surface area (Å²) in [4.78, 5) is 7.75. The number of hydrogen-bond donors (Lipinski definition) is 2. The fraction of sp³-hybridized carbons (Fsp3) is 0.438. The Kier molecular flexibility index (Phi) is 4.74. The van der Waals surface area contributed by atoms with Crippen LogP contribution in [0.3, 0.4) is 0 Å². The van der Waals surface area contributed by atoms with Gasteiger partial charge in [-0.1, -0.05) is 38.1 Å². The smallest absolute Gasteiger partial charge is 0.106 e. The van der Waals surface area contributed by atoms with Crippen molar-refractivity contribution in [3.63, 3.8) is 0 Å². The zero-order valence-corrected chi connectivity index (χ0v) is 11.8. The van der Waals surface area contributed by atoms with Crippen LogP contribution in [0.4, 0.5) is 0 Å². The van der Waals surface area contributed by atoms with Crippen molar-refractivity contribution < 1.29 is 0 Å². The second-order valence-electron chi connectivity index (χ2n) is 5.43. The Morgan fingerprint density at radius 2 is 1.95 bits per heavy atom. The van der Waals surface area contributed by atoms with Gasteiger partial charge in [-0.25, -0.2) is 4.98 Å². The van der Waals surface area contributed by atoms with Gasteiger partial charge < -0.3 is 10.7 Å². The summed E-state index contributed by atoms with van der Waals surface area (Å²) in [6, 6.07) is 8.74. The molecule has 0 amide bonds. The first-order chi connectivity index (χ1) is 9.19. The molecular formula is C16H23N3. The minimum atomic E-state index is 0.695. The van der Waals surface area contributed by atoms with Crippen molar-refractivity contribution >= 4 is 0 Å². The number of H-pyrrole nitrogens is 1. The van der Waals surface area contributed by atoms with Gasteiger partial charge in [-0.15, -0.1) is 0 Å². The standard InChI is InChI=1S/C16H23N3/c1-12(2)10-13-5-7-14(8-6-13)15-11-18-16(19-15)4-3-9-17/h5-8,11-12H,3-4,9-10,17H2,1-2H3,(H,18,19). The molecule has 0 aliphatic heterocycles. The Morgan fingerprint density at radius 1 is 1.21 bits per heavy atom. The zero-order chi connectivity index (χ0) is 13.7. The summed E-state index contributed by atoms with van der Waals surface area (Å²) in [7, 11) is 0. The predicted molar refractivity (Wildman–Crippen MR) is 79.9 cm³/mol. The molecule has 0 aliphatic rings. The molecule has 102 valence electrons. The van der Waals surface area contributed by atoms with E-state index >= 15 is 0 Å². The molecule has 0 unspecified atom stereocenters. The van der Waals surface area contributed by atoms with Gasteiger partial charge in [0.15, 0.2) is 0 Å². The third kappa shape index (κ3) is 3.93. The van der Waals surface area contributed by atoms with Crippen LogP contribution in [0, 0.1) is 5.92 Å². The normalized spacial score (nSPS) is 11.2. The maximum atomic E-state index is 5.51. The third-order valence-electron chi connectivity index (χ3n) is 3.16. The van der Waals surface area contributed by atoms with Gasteiger partial charge in [-0.3, -0.25) is 0 Å². The van der Waals surface area contributed by atoms with Crippen molar-refractivity contribution in [1.29, 1.82) is 0 Å². The van der Waals surface area contributed by atoms with Gasteiger partial charge in [0.2, 0.25) is 0 Å². The molecule has 0 aliphatic carbocycles. The average molecular weight is 257 g/mol. The summed E-state index contributed by atoms with van der Waals surface area (Å²) in [5.74, 6) is 1.72. The van der Waals surface area contributed by atoms with Crippen LogP contribution in [-0.4, -0.2) is 16.5 Å². The summed E-state index contributed by atoms with van der Waals surface area (Å²) in [5, 5.41) is 0. The number of aromatic amines is 1. The lowest BCUT2D eigenvalue weighted by Gasteiger charge is -2.05. The lowest BCUT2D eigenvalue weighted by molar-refractivity contribution is 0.647. The molecule has 2 aromatic rings. The Morgan fingerprint density at radius 3 is 2.58 bits per heavy atom. The molecule has 1 aromatic heterocycles. The van der Waals surface area contributed by atoms with E-state index in [1.165, 1.54) is 11.1 Å². The Labute approximate surface area is 115 Å². The minimum absolute atomic E-state index is 0.695. The molecule has 0 saturated carbocycles. The van der Waals surface area contributed by atoms with Crippen LogP contribution in [0.5, 0.6) is 0 Å². The number of nitrogens with two attached hydrogens (primary N) is 1. The van der Waals surface area contributed by atoms with Crippen molar-refractivity contribution in [3.8, 4) is 11.3 Å². The second-order valence-corrected chi connectivity index (χ2v) is 5.43. The van der Waals surface area contributed by atoms with Gasteiger partial charge >= 0.3 is 0 Å². The van der Waals surface area contributed by atoms with E-state index in [2.05, 4.69) is 48.1 Å². The van der Waals surface area contributed by atoms with Gasteiger partial charge in [0.1, 0.15) is 5.82 Å². The van der Waals surface area contributed by atoms with Crippen LogP contribution < -0.4 is 5.73 Å². The molecule has 0 saturated heterocycles. The number of aryl methyl sites for hydroxylation is 1. The number of nitrogens with zero attached hydrogens (tertiary/aromatic N) is 1. The van der Waals surface area contributed by atoms with Gasteiger partial charge in [-0.2, -0.15) is 0 Å². The van der Waals surface area contributed by atoms with E-state index in [1.807, 2.05) is 6.20 Å². The number of rotatable bonds is 6. The van der Waals surface area contributed by atoms with E-state index in [4.69, 9.17) is 5.73 Å². The van der Waals surface area contributed by atoms with Gasteiger partial charge in [0, 0.05) is 6.42 Å². The highest BCUT2D eigenvalue weighted by atomic mass is 14.9. The second kappa shape index (κ2) is 6.53. The molecule has 0 bridgehead atoms. The molecule has 1 aromatic carbocycles. The highest BCUT2D eigenvalue weighted by molar-refractivity contribution is 5.58. The lowest BCUT2D eigenvalue weighted by atomic mass is 10.0. The molecule has 0 spiro atoms. The van der Waals surface area contributed by atoms with Crippen molar-refractivity contribution in [2.24, 2.45) is 11.7 Å². The lowest BCUT2D eigenvalue weighted by Crippen LogP contribution is -2.01. The van der Waals surface area contributed by atoms with Crippen LogP contribution >= 0.6 is 0 Å². The quantitative estimate of drug-likeness (QED) is 0.835. The fourth-order valence-electron chi connectivity index (χ4n) is 2.20. The average Bonchev–Trinajstić information content (AvgIpc) is 2.85. The topological polar surface area (TPSA) is 54.7 Å². The highest BCUT2D eigenvalue weighted by Gasteiger charge is 2.04. The highest BCUT2D eigenvalue weighted by Crippen LogP contribution is 2.19. The molecule has 0 atom stereocenters. The number of nitrogens with one attached hydrogen (secondary N) is 1. The van der Waals surface area contributed by atoms with E-state index in [0.29, 0.717) is 12.5 Å². The SMILES string of the molecule is CC(C)Cc1ccc(-c2cnc(CCCN)[nH]2)cc1. The van der Waals surface area contributed by atoms with E-state index in [9.17, 15) is 0 Å². The molecule has 3 N–H and O–H groups in total. The summed E-state index contributed by atoms with van der Waals surface area (Å²) in [5.41, 5.74) is 9.18. The number of imidazole rings is 1. The van der Waals surface area contributed by atoms with E-state index in [-0.39, 0.29) is 0 Å². The van der Waals surface area contributed by atoms with Crippen molar-refractivity contribution in [2.75, 3.05) is 6.54 Å². The van der Waals surface area contributed by atoms with Gasteiger partial charge in [0.25, 0.3) is 0 Å². The largest absolute Gasteiger partial charge is 0.342 e. The first kappa shape index (κ1) is 13.8. The van der Waals surface area contributed by atoms with E-state index < -0.39 is 0 Å². The number of benzene rings is 1. The summed E-state index contributed by atoms with van der Waals surface area (Å²) in [6.45, 7) is 5.19. The Balaban J connectivity index is 2.07. The fourth-order valence-corrected chi connectivity index (χ4v) is 2.20. The van der Waals surface area contributed by atoms with Crippen molar-refractivity contribution in [3.05, 3.63) is 41.9 Å². The summed E-state index contributed by atoms with van der Waals surface area (Å²) >= 11 is 0. The van der Waals surface area contributed by atoms with Crippen LogP contribution in [0.1, 0.15) is 31.7 Å². The molecule has 2 rings (SSSR count). The van der Waals surface area contributed by atoms with Gasteiger partial charge in [0.05, 0.1) is 11.9 Å². The van der Waals surface area contributed by atoms with Crippen molar-refractivity contribution in [2.45, 2.75) is 33.1 Å². The van der Waals surface area contributed by atoms with Crippen LogP contribution in [0.2, 0.25) is 0 Å². The molecule has 19 heavy (non-hydrogen) atoms. The van der Waals surface area contributed by atoms with Gasteiger partial charge in [-0.05, 0) is 36.4 Å². The van der Waals surface area contributed by atoms with E-state index in [0.717, 1.165) is 30.8 Å². The molecule has 3 nitrogen and oxygen atoms in total. The molecule has 1 heterocycles. The number of hydrogen-bond acceptors (Lipinski definition) is 2. The van der Waals surface area contributed by atoms with Crippen LogP contribution in [0.25, 0.3) is 11.3 Å². The third-order valence-corrected chi connectivity index (χ3v) is 3.16.